The van der Waals surface area contributed by atoms with Gasteiger partial charge in [0.05, 0.1) is 18.0 Å². The maximum atomic E-state index is 12.9. The van der Waals surface area contributed by atoms with Gasteiger partial charge >= 0.3 is 0 Å². The van der Waals surface area contributed by atoms with E-state index in [2.05, 4.69) is 15.1 Å². The van der Waals surface area contributed by atoms with Gasteiger partial charge in [0.15, 0.2) is 0 Å². The van der Waals surface area contributed by atoms with Crippen LogP contribution in [0.15, 0.2) is 11.1 Å². The van der Waals surface area contributed by atoms with Gasteiger partial charge in [-0.05, 0) is 63.5 Å². The minimum Gasteiger partial charge on any atom is -0.376 e. The topological polar surface area (TPSA) is 85.2 Å². The zero-order valence-corrected chi connectivity index (χ0v) is 15.8. The number of nitrogens with zero attached hydrogens (tertiary/aromatic N) is 2. The number of fused-ring (bicyclic) bond motifs is 1. The molecule has 3 fully saturated rings. The summed E-state index contributed by atoms with van der Waals surface area (Å²) >= 11 is 0. The summed E-state index contributed by atoms with van der Waals surface area (Å²) < 4.78 is 36.5. The summed E-state index contributed by atoms with van der Waals surface area (Å²) in [5.74, 6) is 1.81. The average molecular weight is 369 g/mol. The summed E-state index contributed by atoms with van der Waals surface area (Å²) in [5, 5.41) is 7.52. The fraction of sp³-hybridized carbons (Fsp3) is 0.824. The van der Waals surface area contributed by atoms with E-state index in [1.165, 1.54) is 19.0 Å². The smallest absolute Gasteiger partial charge is 0.244 e. The maximum absolute atomic E-state index is 12.9. The van der Waals surface area contributed by atoms with Crippen LogP contribution >= 0.6 is 0 Å². The summed E-state index contributed by atoms with van der Waals surface area (Å²) in [6.07, 6.45) is 5.65. The monoisotopic (exact) mass is 368 g/mol. The molecule has 1 aliphatic heterocycles. The summed E-state index contributed by atoms with van der Waals surface area (Å²) in [7, 11) is -1.83. The van der Waals surface area contributed by atoms with Gasteiger partial charge in [-0.25, -0.2) is 13.1 Å². The molecule has 1 aromatic heterocycles. The van der Waals surface area contributed by atoms with E-state index in [4.69, 9.17) is 4.74 Å². The third-order valence-corrected chi connectivity index (χ3v) is 7.64. The van der Waals surface area contributed by atoms with Crippen molar-refractivity contribution in [2.75, 3.05) is 19.7 Å². The van der Waals surface area contributed by atoms with Crippen molar-refractivity contribution in [1.29, 1.82) is 0 Å². The van der Waals surface area contributed by atoms with Crippen molar-refractivity contribution in [3.05, 3.63) is 11.9 Å². The normalized spacial score (nSPS) is 32.7. The van der Waals surface area contributed by atoms with Crippen LogP contribution in [-0.2, 0) is 21.8 Å². The highest BCUT2D eigenvalue weighted by Crippen LogP contribution is 2.37. The molecule has 4 atom stereocenters. The highest BCUT2D eigenvalue weighted by molar-refractivity contribution is 7.89. The fourth-order valence-corrected chi connectivity index (χ4v) is 5.62. The molecule has 25 heavy (non-hydrogen) atoms. The van der Waals surface area contributed by atoms with Crippen LogP contribution in [0.1, 0.15) is 31.4 Å². The number of sulfonamides is 1. The summed E-state index contributed by atoms with van der Waals surface area (Å²) in [4.78, 5) is 0.266. The van der Waals surface area contributed by atoms with Crippen molar-refractivity contribution >= 4 is 10.0 Å². The van der Waals surface area contributed by atoms with Gasteiger partial charge in [-0.3, -0.25) is 4.68 Å². The van der Waals surface area contributed by atoms with Gasteiger partial charge < -0.3 is 10.1 Å². The van der Waals surface area contributed by atoms with E-state index in [9.17, 15) is 8.42 Å². The van der Waals surface area contributed by atoms with Crippen LogP contribution < -0.4 is 10.0 Å². The maximum Gasteiger partial charge on any atom is 0.244 e. The molecule has 3 aliphatic rings. The Kier molecular flexibility index (Phi) is 4.64. The predicted octanol–water partition coefficient (Wildman–Crippen LogP) is 0.800. The Labute approximate surface area is 149 Å². The lowest BCUT2D eigenvalue weighted by molar-refractivity contribution is -0.0170. The first-order valence-corrected chi connectivity index (χ1v) is 10.8. The lowest BCUT2D eigenvalue weighted by atomic mass is 9.77. The first-order chi connectivity index (χ1) is 11.9. The summed E-state index contributed by atoms with van der Waals surface area (Å²) in [5.41, 5.74) is 0.652. The van der Waals surface area contributed by atoms with E-state index in [0.717, 1.165) is 32.5 Å². The standard InChI is InChI=1S/C17H28N4O3S/c1-11-17(9-19-21(11)2)25(22,23)20-15-5-13-7-18-8-14(13)6-16(15)24-10-12-3-4-12/h9,12-16,18,20H,3-8,10H2,1-2H3/t13-,14+,15-,16-/m0/s1. The Morgan fingerprint density at radius 1 is 1.32 bits per heavy atom. The molecule has 0 radical (unpaired) electrons. The van der Waals surface area contributed by atoms with Crippen molar-refractivity contribution in [2.45, 2.75) is 49.6 Å². The third-order valence-electron chi connectivity index (χ3n) is 6.05. The van der Waals surface area contributed by atoms with Crippen LogP contribution in [0.4, 0.5) is 0 Å². The second-order valence-electron chi connectivity index (χ2n) is 7.91. The molecule has 7 nitrogen and oxygen atoms in total. The van der Waals surface area contributed by atoms with E-state index >= 15 is 0 Å². The molecule has 0 amide bonds. The molecule has 2 N–H and O–H groups in total. The Balaban J connectivity index is 1.51. The molecule has 0 spiro atoms. The van der Waals surface area contributed by atoms with Crippen LogP contribution in [-0.4, -0.2) is 50.0 Å². The van der Waals surface area contributed by atoms with E-state index in [1.54, 1.807) is 18.7 Å². The lowest BCUT2D eigenvalue weighted by Crippen LogP contribution is -2.50. The average Bonchev–Trinajstić information content (AvgIpc) is 3.18. The van der Waals surface area contributed by atoms with Crippen molar-refractivity contribution in [3.8, 4) is 0 Å². The first kappa shape index (κ1) is 17.5. The molecule has 0 bridgehead atoms. The number of nitrogens with one attached hydrogen (secondary N) is 2. The molecule has 0 unspecified atom stereocenters. The van der Waals surface area contributed by atoms with Crippen LogP contribution in [0, 0.1) is 24.7 Å². The number of hydrogen-bond donors (Lipinski definition) is 2. The van der Waals surface area contributed by atoms with Crippen molar-refractivity contribution in [1.82, 2.24) is 19.8 Å². The molecule has 2 saturated carbocycles. The molecule has 8 heteroatoms. The van der Waals surface area contributed by atoms with E-state index in [-0.39, 0.29) is 17.0 Å². The molecule has 0 aromatic carbocycles. The van der Waals surface area contributed by atoms with Crippen molar-refractivity contribution in [2.24, 2.45) is 24.8 Å². The summed E-state index contributed by atoms with van der Waals surface area (Å²) in [6.45, 7) is 4.54. The van der Waals surface area contributed by atoms with Crippen LogP contribution in [0.2, 0.25) is 0 Å². The second-order valence-corrected chi connectivity index (χ2v) is 9.59. The predicted molar refractivity (Wildman–Crippen MR) is 93.6 cm³/mol. The van der Waals surface area contributed by atoms with Gasteiger partial charge in [0, 0.05) is 19.7 Å². The van der Waals surface area contributed by atoms with Gasteiger partial charge in [0.25, 0.3) is 0 Å². The van der Waals surface area contributed by atoms with Crippen LogP contribution in [0.5, 0.6) is 0 Å². The van der Waals surface area contributed by atoms with E-state index in [1.807, 2.05) is 0 Å². The number of aryl methyl sites for hydroxylation is 1. The second kappa shape index (κ2) is 6.64. The molecule has 140 valence electrons. The third kappa shape index (κ3) is 3.63. The zero-order chi connectivity index (χ0) is 17.6. The highest BCUT2D eigenvalue weighted by Gasteiger charge is 2.42. The first-order valence-electron chi connectivity index (χ1n) is 9.27. The van der Waals surface area contributed by atoms with Crippen molar-refractivity contribution in [3.63, 3.8) is 0 Å². The number of hydrogen-bond acceptors (Lipinski definition) is 5. The number of rotatable bonds is 6. The number of ether oxygens (including phenoxy) is 1. The fourth-order valence-electron chi connectivity index (χ4n) is 4.14. The molecule has 2 aliphatic carbocycles. The largest absolute Gasteiger partial charge is 0.376 e. The van der Waals surface area contributed by atoms with Crippen LogP contribution in [0.25, 0.3) is 0 Å². The van der Waals surface area contributed by atoms with E-state index < -0.39 is 10.0 Å². The molecule has 1 aromatic rings. The van der Waals surface area contributed by atoms with Gasteiger partial charge in [-0.1, -0.05) is 0 Å². The molecule has 2 heterocycles. The van der Waals surface area contributed by atoms with Gasteiger partial charge in [0.1, 0.15) is 4.90 Å². The zero-order valence-electron chi connectivity index (χ0n) is 14.9. The molecular weight excluding hydrogens is 340 g/mol. The number of aromatic nitrogens is 2. The molecular formula is C17H28N4O3S. The highest BCUT2D eigenvalue weighted by atomic mass is 32.2. The van der Waals surface area contributed by atoms with Gasteiger partial charge in [-0.15, -0.1) is 0 Å². The van der Waals surface area contributed by atoms with Gasteiger partial charge in [-0.2, -0.15) is 5.10 Å². The van der Waals surface area contributed by atoms with E-state index in [0.29, 0.717) is 23.4 Å². The van der Waals surface area contributed by atoms with Crippen LogP contribution in [0.3, 0.4) is 0 Å². The lowest BCUT2D eigenvalue weighted by Gasteiger charge is -2.38. The van der Waals surface area contributed by atoms with Crippen molar-refractivity contribution < 1.29 is 13.2 Å². The molecule has 1 saturated heterocycles. The minimum atomic E-state index is -3.59. The molecule has 4 rings (SSSR count). The Morgan fingerprint density at radius 2 is 2.04 bits per heavy atom. The SMILES string of the molecule is Cc1c(S(=O)(=O)N[C@H]2C[C@H]3CNC[C@H]3C[C@@H]2OCC2CC2)cnn1C. The quantitative estimate of drug-likeness (QED) is 0.776. The summed E-state index contributed by atoms with van der Waals surface area (Å²) in [6, 6.07) is -0.162. The Hall–Kier alpha value is -0.960. The Morgan fingerprint density at radius 3 is 2.68 bits per heavy atom. The Bertz CT molecular complexity index is 728. The van der Waals surface area contributed by atoms with Gasteiger partial charge in [0.2, 0.25) is 10.0 Å². The minimum absolute atomic E-state index is 0.0338.